The number of aromatic amines is 1. The van der Waals surface area contributed by atoms with Crippen LogP contribution in [0, 0.1) is 13.8 Å². The summed E-state index contributed by atoms with van der Waals surface area (Å²) < 4.78 is 45.1. The van der Waals surface area contributed by atoms with Gasteiger partial charge < -0.3 is 15.0 Å². The van der Waals surface area contributed by atoms with Gasteiger partial charge in [-0.2, -0.15) is 13.2 Å². The molecule has 0 unspecified atom stereocenters. The number of nitrogens with zero attached hydrogens (tertiary/aromatic N) is 4. The van der Waals surface area contributed by atoms with Crippen molar-refractivity contribution in [3.63, 3.8) is 0 Å². The van der Waals surface area contributed by atoms with E-state index in [0.717, 1.165) is 28.2 Å². The molecule has 0 aliphatic carbocycles. The third kappa shape index (κ3) is 5.94. The van der Waals surface area contributed by atoms with Gasteiger partial charge in [-0.05, 0) is 44.0 Å². The molecule has 180 valence electrons. The molecular weight excluding hydrogens is 458 g/mol. The summed E-state index contributed by atoms with van der Waals surface area (Å²) in [5.41, 5.74) is 4.82. The molecule has 3 aromatic heterocycles. The van der Waals surface area contributed by atoms with E-state index in [1.165, 1.54) is 11.1 Å². The monoisotopic (exact) mass is 479 g/mol. The second-order valence-corrected chi connectivity index (χ2v) is 7.63. The van der Waals surface area contributed by atoms with Crippen molar-refractivity contribution >= 4 is 11.9 Å². The van der Waals surface area contributed by atoms with Gasteiger partial charge in [-0.25, -0.2) is 14.2 Å². The predicted molar refractivity (Wildman–Crippen MR) is 114 cm³/mol. The Hall–Kier alpha value is -3.83. The average Bonchev–Trinajstić information content (AvgIpc) is 3.38. The Labute approximate surface area is 191 Å². The summed E-state index contributed by atoms with van der Waals surface area (Å²) in [6.07, 6.45) is -0.683. The van der Waals surface area contributed by atoms with E-state index < -0.39 is 18.3 Å². The third-order valence-electron chi connectivity index (χ3n) is 5.11. The van der Waals surface area contributed by atoms with Crippen molar-refractivity contribution in [2.45, 2.75) is 32.6 Å². The number of nitrogens with one attached hydrogen (secondary N) is 1. The Morgan fingerprint density at radius 3 is 2.44 bits per heavy atom. The number of likely N-dealkylation sites (tertiary alicyclic amines) is 1. The van der Waals surface area contributed by atoms with E-state index in [2.05, 4.69) is 19.9 Å². The molecule has 1 atom stereocenters. The first-order valence-corrected chi connectivity index (χ1v) is 10.1. The topological polar surface area (TPSA) is 112 Å². The first kappa shape index (κ1) is 24.8. The van der Waals surface area contributed by atoms with Gasteiger partial charge in [0.1, 0.15) is 11.9 Å². The van der Waals surface area contributed by atoms with E-state index in [9.17, 15) is 22.4 Å². The predicted octanol–water partition coefficient (Wildman–Crippen LogP) is 3.97. The first-order chi connectivity index (χ1) is 16.0. The molecular formula is C22H21F4N5O3. The van der Waals surface area contributed by atoms with Gasteiger partial charge in [-0.3, -0.25) is 14.8 Å². The number of carbonyl (C=O) groups excluding carboxylic acids is 1. The maximum Gasteiger partial charge on any atom is 0.490 e. The highest BCUT2D eigenvalue weighted by Crippen LogP contribution is 2.25. The van der Waals surface area contributed by atoms with Crippen LogP contribution in [0.15, 0.2) is 36.8 Å². The number of aliphatic carboxylic acids is 1. The summed E-state index contributed by atoms with van der Waals surface area (Å²) in [5, 5.41) is 7.12. The largest absolute Gasteiger partial charge is 0.490 e. The molecule has 1 fully saturated rings. The van der Waals surface area contributed by atoms with Crippen LogP contribution >= 0.6 is 0 Å². The van der Waals surface area contributed by atoms with Crippen molar-refractivity contribution < 1.29 is 32.3 Å². The normalized spacial score (nSPS) is 15.6. The van der Waals surface area contributed by atoms with E-state index in [-0.39, 0.29) is 12.5 Å². The number of halogens is 4. The Morgan fingerprint density at radius 2 is 1.88 bits per heavy atom. The minimum Gasteiger partial charge on any atom is -0.475 e. The number of hydrogen-bond donors (Lipinski definition) is 2. The van der Waals surface area contributed by atoms with Gasteiger partial charge in [0.15, 0.2) is 5.82 Å². The molecule has 1 saturated heterocycles. The van der Waals surface area contributed by atoms with Crippen molar-refractivity contribution in [2.24, 2.45) is 0 Å². The number of H-pyrrole nitrogens is 1. The zero-order valence-electron chi connectivity index (χ0n) is 18.2. The lowest BCUT2D eigenvalue weighted by molar-refractivity contribution is -0.192. The number of carboxylic acids is 1. The van der Waals surface area contributed by atoms with Gasteiger partial charge in [-0.15, -0.1) is 0 Å². The zero-order valence-corrected chi connectivity index (χ0v) is 18.2. The van der Waals surface area contributed by atoms with Crippen LogP contribution in [0.25, 0.3) is 22.6 Å². The van der Waals surface area contributed by atoms with Gasteiger partial charge in [0.2, 0.25) is 0 Å². The number of carboxylic acid groups (broad SMARTS) is 1. The highest BCUT2D eigenvalue weighted by Gasteiger charge is 2.38. The Kier molecular flexibility index (Phi) is 7.28. The van der Waals surface area contributed by atoms with Crippen molar-refractivity contribution in [3.8, 4) is 22.6 Å². The number of rotatable bonds is 3. The van der Waals surface area contributed by atoms with Crippen LogP contribution in [0.1, 0.15) is 28.2 Å². The second kappa shape index (κ2) is 9.98. The molecule has 0 radical (unpaired) electrons. The lowest BCUT2D eigenvalue weighted by Gasteiger charge is -2.15. The van der Waals surface area contributed by atoms with Gasteiger partial charge in [-0.1, -0.05) is 0 Å². The molecule has 1 amide bonds. The van der Waals surface area contributed by atoms with Gasteiger partial charge in [0.05, 0.1) is 17.8 Å². The van der Waals surface area contributed by atoms with Crippen LogP contribution in [0.4, 0.5) is 17.6 Å². The summed E-state index contributed by atoms with van der Waals surface area (Å²) in [6.45, 7) is 4.51. The zero-order chi connectivity index (χ0) is 25.0. The lowest BCUT2D eigenvalue weighted by atomic mass is 10.1. The second-order valence-electron chi connectivity index (χ2n) is 7.63. The van der Waals surface area contributed by atoms with E-state index >= 15 is 0 Å². The molecule has 0 bridgehead atoms. The fraction of sp³-hybridized carbons (Fsp3) is 0.318. The van der Waals surface area contributed by atoms with Crippen molar-refractivity contribution in [3.05, 3.63) is 53.7 Å². The highest BCUT2D eigenvalue weighted by molar-refractivity contribution is 5.95. The first-order valence-electron chi connectivity index (χ1n) is 10.1. The van der Waals surface area contributed by atoms with Crippen LogP contribution in [0.2, 0.25) is 0 Å². The van der Waals surface area contributed by atoms with Crippen molar-refractivity contribution in [1.29, 1.82) is 0 Å². The molecule has 2 N–H and O–H groups in total. The van der Waals surface area contributed by atoms with Gasteiger partial charge in [0, 0.05) is 36.4 Å². The molecule has 3 aromatic rings. The lowest BCUT2D eigenvalue weighted by Crippen LogP contribution is -2.29. The van der Waals surface area contributed by atoms with Crippen molar-refractivity contribution in [1.82, 2.24) is 24.8 Å². The SMILES string of the molecule is Cc1nc(-c2cc(-c3cncc(C(=O)N4CC[C@@H](F)C4)c3)ccn2)[nH]c1C.O=C(O)C(F)(F)F. The van der Waals surface area contributed by atoms with Crippen LogP contribution < -0.4 is 0 Å². The van der Waals surface area contributed by atoms with E-state index in [4.69, 9.17) is 9.90 Å². The molecule has 1 aliphatic rings. The fourth-order valence-corrected chi connectivity index (χ4v) is 3.21. The highest BCUT2D eigenvalue weighted by atomic mass is 19.4. The molecule has 0 saturated carbocycles. The molecule has 0 spiro atoms. The number of hydrogen-bond acceptors (Lipinski definition) is 5. The van der Waals surface area contributed by atoms with Crippen LogP contribution in [-0.2, 0) is 4.79 Å². The Balaban J connectivity index is 0.000000406. The number of alkyl halides is 4. The molecule has 4 rings (SSSR count). The minimum absolute atomic E-state index is 0.152. The number of aromatic nitrogens is 4. The van der Waals surface area contributed by atoms with E-state index in [1.807, 2.05) is 26.0 Å². The summed E-state index contributed by atoms with van der Waals surface area (Å²) in [6, 6.07) is 5.57. The summed E-state index contributed by atoms with van der Waals surface area (Å²) >= 11 is 0. The molecule has 1 aliphatic heterocycles. The van der Waals surface area contributed by atoms with E-state index in [0.29, 0.717) is 24.4 Å². The number of imidazole rings is 1. The third-order valence-corrected chi connectivity index (χ3v) is 5.11. The molecule has 4 heterocycles. The molecule has 12 heteroatoms. The Bertz CT molecular complexity index is 1180. The van der Waals surface area contributed by atoms with E-state index in [1.54, 1.807) is 18.5 Å². The van der Waals surface area contributed by atoms with Crippen LogP contribution in [0.3, 0.4) is 0 Å². The molecule has 8 nitrogen and oxygen atoms in total. The van der Waals surface area contributed by atoms with Crippen LogP contribution in [0.5, 0.6) is 0 Å². The quantitative estimate of drug-likeness (QED) is 0.550. The number of aryl methyl sites for hydroxylation is 2. The maximum absolute atomic E-state index is 13.4. The Morgan fingerprint density at radius 1 is 1.18 bits per heavy atom. The van der Waals surface area contributed by atoms with Gasteiger partial charge >= 0.3 is 12.1 Å². The number of amides is 1. The summed E-state index contributed by atoms with van der Waals surface area (Å²) in [4.78, 5) is 39.3. The minimum atomic E-state index is -5.08. The smallest absolute Gasteiger partial charge is 0.475 e. The van der Waals surface area contributed by atoms with Crippen molar-refractivity contribution in [2.75, 3.05) is 13.1 Å². The van der Waals surface area contributed by atoms with Crippen LogP contribution in [-0.4, -0.2) is 67.3 Å². The fourth-order valence-electron chi connectivity index (χ4n) is 3.21. The molecule has 34 heavy (non-hydrogen) atoms. The number of carbonyl (C=O) groups is 2. The average molecular weight is 479 g/mol. The number of pyridine rings is 2. The standard InChI is InChI=1S/C20H20FN5O.C2HF3O2/c1-12-13(2)25-19(24-12)18-8-14(3-5-23-18)15-7-16(10-22-9-15)20(27)26-6-4-17(21)11-26;3-2(4,5)1(6)7/h3,5,7-10,17H,4,6,11H2,1-2H3,(H,24,25);(H,6,7)/t17-;/m1./s1. The summed E-state index contributed by atoms with van der Waals surface area (Å²) in [5.74, 6) is -2.23. The van der Waals surface area contributed by atoms with Gasteiger partial charge in [0.25, 0.3) is 5.91 Å². The molecule has 0 aromatic carbocycles. The summed E-state index contributed by atoms with van der Waals surface area (Å²) in [7, 11) is 0. The maximum atomic E-state index is 13.4.